The maximum atomic E-state index is 11.8. The summed E-state index contributed by atoms with van der Waals surface area (Å²) in [6.45, 7) is 4.52. The van der Waals surface area contributed by atoms with Crippen LogP contribution in [0.15, 0.2) is 65.6 Å². The van der Waals surface area contributed by atoms with Crippen LogP contribution in [0, 0.1) is 0 Å². The lowest BCUT2D eigenvalue weighted by Gasteiger charge is -2.16. The van der Waals surface area contributed by atoms with Gasteiger partial charge in [-0.3, -0.25) is 4.79 Å². The van der Waals surface area contributed by atoms with Gasteiger partial charge in [0.05, 0.1) is 5.69 Å². The zero-order chi connectivity index (χ0) is 22.3. The van der Waals surface area contributed by atoms with E-state index in [0.717, 1.165) is 60.9 Å². The molecule has 0 atom stereocenters. The first kappa shape index (κ1) is 22.2. The van der Waals surface area contributed by atoms with E-state index in [-0.39, 0.29) is 11.7 Å². The molecule has 166 valence electrons. The summed E-state index contributed by atoms with van der Waals surface area (Å²) in [4.78, 5) is 19.8. The summed E-state index contributed by atoms with van der Waals surface area (Å²) in [6, 6.07) is 19.9. The molecule has 1 saturated heterocycles. The molecule has 2 N–H and O–H groups in total. The Balaban J connectivity index is 1.56. The molecule has 6 heteroatoms. The van der Waals surface area contributed by atoms with Gasteiger partial charge in [-0.25, -0.2) is 4.98 Å². The number of aromatic nitrogens is 1. The monoisotopic (exact) mass is 447 g/mol. The average molecular weight is 448 g/mol. The van der Waals surface area contributed by atoms with Gasteiger partial charge in [0.15, 0.2) is 0 Å². The van der Waals surface area contributed by atoms with Gasteiger partial charge in [-0.1, -0.05) is 31.2 Å². The van der Waals surface area contributed by atoms with Gasteiger partial charge >= 0.3 is 0 Å². The molecule has 0 radical (unpaired) electrons. The molecule has 0 spiro atoms. The molecule has 1 aliphatic heterocycles. The summed E-state index contributed by atoms with van der Waals surface area (Å²) in [5, 5.41) is 13.8. The van der Waals surface area contributed by atoms with E-state index in [1.807, 2.05) is 47.0 Å². The SMILES string of the molecule is CCSc1ccc(-c2cc(NCCCN3CCCC3=O)nc(-c3ccccc3O)c2)cc1. The highest BCUT2D eigenvalue weighted by atomic mass is 32.2. The number of nitrogens with zero attached hydrogens (tertiary/aromatic N) is 2. The maximum absolute atomic E-state index is 11.8. The standard InChI is InChI=1S/C26H29N3O2S/c1-2-32-21-12-10-19(11-13-21)20-17-23(22-7-3-4-8-24(22)30)28-25(18-20)27-14-6-16-29-15-5-9-26(29)31/h3-4,7-8,10-13,17-18,30H,2,5-6,9,14-16H2,1H3,(H,27,28). The van der Waals surface area contributed by atoms with Crippen LogP contribution in [0.3, 0.4) is 0 Å². The van der Waals surface area contributed by atoms with Crippen LogP contribution in [0.25, 0.3) is 22.4 Å². The third kappa shape index (κ3) is 5.43. The number of carbonyl (C=O) groups is 1. The molecule has 0 aliphatic carbocycles. The van der Waals surface area contributed by atoms with Gasteiger partial charge < -0.3 is 15.3 Å². The van der Waals surface area contributed by atoms with Crippen molar-refractivity contribution < 1.29 is 9.90 Å². The molecule has 0 bridgehead atoms. The fourth-order valence-corrected chi connectivity index (χ4v) is 4.61. The molecule has 3 aromatic rings. The maximum Gasteiger partial charge on any atom is 0.222 e. The predicted molar refractivity (Wildman–Crippen MR) is 132 cm³/mol. The van der Waals surface area contributed by atoms with Crippen molar-refractivity contribution in [2.45, 2.75) is 31.1 Å². The van der Waals surface area contributed by atoms with Crippen molar-refractivity contribution >= 4 is 23.5 Å². The smallest absolute Gasteiger partial charge is 0.222 e. The molecule has 0 saturated carbocycles. The van der Waals surface area contributed by atoms with Gasteiger partial charge in [-0.05, 0) is 66.1 Å². The molecule has 4 rings (SSSR count). The third-order valence-corrected chi connectivity index (χ3v) is 6.48. The van der Waals surface area contributed by atoms with Crippen molar-refractivity contribution in [3.63, 3.8) is 0 Å². The first-order valence-electron chi connectivity index (χ1n) is 11.2. The Morgan fingerprint density at radius 3 is 2.62 bits per heavy atom. The number of anilines is 1. The number of phenols is 1. The van der Waals surface area contributed by atoms with Gasteiger partial charge in [0, 0.05) is 36.5 Å². The molecule has 0 unspecified atom stereocenters. The van der Waals surface area contributed by atoms with Gasteiger partial charge in [0.1, 0.15) is 11.6 Å². The van der Waals surface area contributed by atoms with Crippen molar-refractivity contribution in [2.24, 2.45) is 0 Å². The van der Waals surface area contributed by atoms with Crippen LogP contribution < -0.4 is 5.32 Å². The number of aromatic hydroxyl groups is 1. The number of carbonyl (C=O) groups excluding carboxylic acids is 1. The third-order valence-electron chi connectivity index (χ3n) is 5.59. The van der Waals surface area contributed by atoms with Crippen LogP contribution in [-0.4, -0.2) is 46.3 Å². The lowest BCUT2D eigenvalue weighted by Crippen LogP contribution is -2.27. The Kier molecular flexibility index (Phi) is 7.32. The van der Waals surface area contributed by atoms with E-state index in [9.17, 15) is 9.90 Å². The molecular weight excluding hydrogens is 418 g/mol. The number of likely N-dealkylation sites (tertiary alicyclic amines) is 1. The highest BCUT2D eigenvalue weighted by Crippen LogP contribution is 2.33. The zero-order valence-corrected chi connectivity index (χ0v) is 19.2. The quantitative estimate of drug-likeness (QED) is 0.327. The van der Waals surface area contributed by atoms with E-state index in [4.69, 9.17) is 4.98 Å². The predicted octanol–water partition coefficient (Wildman–Crippen LogP) is 5.66. The fourth-order valence-electron chi connectivity index (χ4n) is 3.95. The van der Waals surface area contributed by atoms with Crippen molar-refractivity contribution in [2.75, 3.05) is 30.7 Å². The van der Waals surface area contributed by atoms with Crippen LogP contribution >= 0.6 is 11.8 Å². The Bertz CT molecular complexity index is 1070. The number of pyridine rings is 1. The van der Waals surface area contributed by atoms with Crippen molar-refractivity contribution in [3.8, 4) is 28.1 Å². The normalized spacial score (nSPS) is 13.5. The summed E-state index contributed by atoms with van der Waals surface area (Å²) < 4.78 is 0. The Morgan fingerprint density at radius 1 is 1.09 bits per heavy atom. The van der Waals surface area contributed by atoms with E-state index in [1.54, 1.807) is 6.07 Å². The first-order valence-corrected chi connectivity index (χ1v) is 12.2. The van der Waals surface area contributed by atoms with E-state index >= 15 is 0 Å². The van der Waals surface area contributed by atoms with Gasteiger partial charge in [0.25, 0.3) is 0 Å². The number of thioether (sulfide) groups is 1. The lowest BCUT2D eigenvalue weighted by molar-refractivity contribution is -0.127. The summed E-state index contributed by atoms with van der Waals surface area (Å²) in [5.41, 5.74) is 3.59. The number of hydrogen-bond donors (Lipinski definition) is 2. The van der Waals surface area contributed by atoms with Gasteiger partial charge in [-0.2, -0.15) is 0 Å². The second-order valence-electron chi connectivity index (χ2n) is 7.87. The van der Waals surface area contributed by atoms with Gasteiger partial charge in [0.2, 0.25) is 5.91 Å². The van der Waals surface area contributed by atoms with Crippen LogP contribution in [-0.2, 0) is 4.79 Å². The van der Waals surface area contributed by atoms with E-state index in [1.165, 1.54) is 4.90 Å². The van der Waals surface area contributed by atoms with Crippen molar-refractivity contribution in [1.29, 1.82) is 0 Å². The molecule has 2 heterocycles. The molecule has 1 aromatic heterocycles. The second kappa shape index (κ2) is 10.6. The van der Waals surface area contributed by atoms with Crippen LogP contribution in [0.1, 0.15) is 26.2 Å². The Morgan fingerprint density at radius 2 is 1.91 bits per heavy atom. The number of rotatable bonds is 9. The minimum absolute atomic E-state index is 0.213. The molecule has 5 nitrogen and oxygen atoms in total. The van der Waals surface area contributed by atoms with E-state index in [0.29, 0.717) is 12.0 Å². The highest BCUT2D eigenvalue weighted by Gasteiger charge is 2.19. The van der Waals surface area contributed by atoms with Crippen molar-refractivity contribution in [1.82, 2.24) is 9.88 Å². The first-order chi connectivity index (χ1) is 15.6. The Hall–Kier alpha value is -2.99. The van der Waals surface area contributed by atoms with Crippen LogP contribution in [0.5, 0.6) is 5.75 Å². The second-order valence-corrected chi connectivity index (χ2v) is 9.20. The Labute approximate surface area is 193 Å². The van der Waals surface area contributed by atoms with Gasteiger partial charge in [-0.15, -0.1) is 11.8 Å². The minimum atomic E-state index is 0.213. The summed E-state index contributed by atoms with van der Waals surface area (Å²) >= 11 is 1.82. The number of phenolic OH excluding ortho intramolecular Hbond substituents is 1. The molecule has 32 heavy (non-hydrogen) atoms. The van der Waals surface area contributed by atoms with E-state index in [2.05, 4.69) is 36.5 Å². The van der Waals surface area contributed by atoms with Crippen LogP contribution in [0.4, 0.5) is 5.82 Å². The minimum Gasteiger partial charge on any atom is -0.507 e. The van der Waals surface area contributed by atoms with E-state index < -0.39 is 0 Å². The summed E-state index contributed by atoms with van der Waals surface area (Å²) in [5.74, 6) is 2.28. The zero-order valence-electron chi connectivity index (χ0n) is 18.4. The topological polar surface area (TPSA) is 65.5 Å². The summed E-state index contributed by atoms with van der Waals surface area (Å²) in [6.07, 6.45) is 2.51. The van der Waals surface area contributed by atoms with Crippen LogP contribution in [0.2, 0.25) is 0 Å². The molecule has 1 aliphatic rings. The number of amides is 1. The fraction of sp³-hybridized carbons (Fsp3) is 0.308. The summed E-state index contributed by atoms with van der Waals surface area (Å²) in [7, 11) is 0. The molecular formula is C26H29N3O2S. The number of hydrogen-bond acceptors (Lipinski definition) is 5. The number of para-hydroxylation sites is 1. The molecule has 1 amide bonds. The largest absolute Gasteiger partial charge is 0.507 e. The molecule has 1 fully saturated rings. The lowest BCUT2D eigenvalue weighted by atomic mass is 10.0. The highest BCUT2D eigenvalue weighted by molar-refractivity contribution is 7.99. The molecule has 2 aromatic carbocycles. The number of benzene rings is 2. The number of nitrogens with one attached hydrogen (secondary N) is 1. The van der Waals surface area contributed by atoms with Crippen molar-refractivity contribution in [3.05, 3.63) is 60.7 Å². The average Bonchev–Trinajstić information content (AvgIpc) is 3.22.